The highest BCUT2D eigenvalue weighted by molar-refractivity contribution is 6.32. The van der Waals surface area contributed by atoms with Gasteiger partial charge in [0.25, 0.3) is 0 Å². The number of benzene rings is 2. The van der Waals surface area contributed by atoms with E-state index < -0.39 is 5.82 Å². The predicted octanol–water partition coefficient (Wildman–Crippen LogP) is 4.79. The maximum atomic E-state index is 13.0. The number of hydrogen-bond acceptors (Lipinski definition) is 2. The Bertz CT molecular complexity index is 732. The van der Waals surface area contributed by atoms with Crippen LogP contribution in [0.25, 0.3) is 6.08 Å². The largest absolute Gasteiger partial charge is 0.495 e. The fraction of sp³-hybridized carbons (Fsp3) is 0.0625. The topological polar surface area (TPSA) is 38.3 Å². The van der Waals surface area contributed by atoms with E-state index in [9.17, 15) is 9.18 Å². The van der Waals surface area contributed by atoms with Crippen molar-refractivity contribution in [2.75, 3.05) is 12.4 Å². The average Bonchev–Trinajstić information content (AvgIpc) is 2.49. The van der Waals surface area contributed by atoms with Crippen LogP contribution >= 0.6 is 23.2 Å². The second-order valence-electron chi connectivity index (χ2n) is 4.35. The summed E-state index contributed by atoms with van der Waals surface area (Å²) in [6.07, 6.45) is 2.95. The van der Waals surface area contributed by atoms with Crippen LogP contribution in [0.3, 0.4) is 0 Å². The minimum absolute atomic E-state index is 0.0521. The van der Waals surface area contributed by atoms with Crippen LogP contribution in [0.5, 0.6) is 5.75 Å². The fourth-order valence-corrected chi connectivity index (χ4v) is 2.16. The molecule has 2 rings (SSSR count). The van der Waals surface area contributed by atoms with E-state index in [0.29, 0.717) is 16.5 Å². The molecule has 0 saturated heterocycles. The Kier molecular flexibility index (Phi) is 5.41. The molecule has 0 aliphatic rings. The van der Waals surface area contributed by atoms with Crippen LogP contribution in [0.1, 0.15) is 5.56 Å². The molecule has 3 nitrogen and oxygen atoms in total. The van der Waals surface area contributed by atoms with Crippen LogP contribution in [0, 0.1) is 5.82 Å². The summed E-state index contributed by atoms with van der Waals surface area (Å²) in [5.74, 6) is -0.345. The second kappa shape index (κ2) is 7.29. The Morgan fingerprint density at radius 1 is 1.18 bits per heavy atom. The van der Waals surface area contributed by atoms with E-state index in [1.807, 2.05) is 0 Å². The fourth-order valence-electron chi connectivity index (χ4n) is 1.72. The lowest BCUT2D eigenvalue weighted by atomic mass is 10.2. The monoisotopic (exact) mass is 339 g/mol. The van der Waals surface area contributed by atoms with Crippen molar-refractivity contribution >= 4 is 40.9 Å². The molecule has 0 heterocycles. The Balaban J connectivity index is 2.04. The number of rotatable bonds is 4. The van der Waals surface area contributed by atoms with Gasteiger partial charge in [0.1, 0.15) is 11.6 Å². The maximum Gasteiger partial charge on any atom is 0.248 e. The number of ether oxygens (including phenoxy) is 1. The molecule has 0 spiro atoms. The number of methoxy groups -OCH3 is 1. The first-order valence-electron chi connectivity index (χ1n) is 6.27. The quantitative estimate of drug-likeness (QED) is 0.813. The summed E-state index contributed by atoms with van der Waals surface area (Å²) in [7, 11) is 1.53. The number of nitrogens with one attached hydrogen (secondary N) is 1. The molecule has 0 unspecified atom stereocenters. The van der Waals surface area contributed by atoms with Crippen LogP contribution in [0.15, 0.2) is 42.5 Å². The van der Waals surface area contributed by atoms with Crippen molar-refractivity contribution < 1.29 is 13.9 Å². The normalized spacial score (nSPS) is 10.7. The molecule has 0 saturated carbocycles. The Morgan fingerprint density at radius 2 is 1.95 bits per heavy atom. The van der Waals surface area contributed by atoms with Gasteiger partial charge in [0, 0.05) is 11.8 Å². The van der Waals surface area contributed by atoms with Gasteiger partial charge in [-0.15, -0.1) is 0 Å². The van der Waals surface area contributed by atoms with Crippen molar-refractivity contribution in [2.45, 2.75) is 0 Å². The number of amides is 1. The van der Waals surface area contributed by atoms with E-state index in [1.54, 1.807) is 24.3 Å². The van der Waals surface area contributed by atoms with Crippen molar-refractivity contribution in [1.82, 2.24) is 0 Å². The van der Waals surface area contributed by atoms with Crippen molar-refractivity contribution in [3.05, 3.63) is 63.9 Å². The van der Waals surface area contributed by atoms with Crippen LogP contribution < -0.4 is 10.1 Å². The van der Waals surface area contributed by atoms with Gasteiger partial charge in [-0.2, -0.15) is 0 Å². The van der Waals surface area contributed by atoms with Gasteiger partial charge in [0.2, 0.25) is 5.91 Å². The second-order valence-corrected chi connectivity index (χ2v) is 5.16. The molecular formula is C16H12Cl2FNO2. The smallest absolute Gasteiger partial charge is 0.248 e. The number of anilines is 1. The van der Waals surface area contributed by atoms with Gasteiger partial charge < -0.3 is 10.1 Å². The molecule has 1 N–H and O–H groups in total. The van der Waals surface area contributed by atoms with E-state index in [-0.39, 0.29) is 10.9 Å². The first kappa shape index (κ1) is 16.3. The van der Waals surface area contributed by atoms with Crippen molar-refractivity contribution in [2.24, 2.45) is 0 Å². The SMILES string of the molecule is COc1ccc(/C=C/C(=O)Nc2ccc(F)c(Cl)c2)cc1Cl. The minimum Gasteiger partial charge on any atom is -0.495 e. The highest BCUT2D eigenvalue weighted by Crippen LogP contribution is 2.25. The molecule has 0 fully saturated rings. The van der Waals surface area contributed by atoms with Gasteiger partial charge >= 0.3 is 0 Å². The summed E-state index contributed by atoms with van der Waals surface area (Å²) in [6.45, 7) is 0. The molecular weight excluding hydrogens is 328 g/mol. The summed E-state index contributed by atoms with van der Waals surface area (Å²) in [5.41, 5.74) is 1.16. The molecule has 6 heteroatoms. The van der Waals surface area contributed by atoms with E-state index in [0.717, 1.165) is 5.56 Å². The van der Waals surface area contributed by atoms with Crippen molar-refractivity contribution in [3.8, 4) is 5.75 Å². The molecule has 1 amide bonds. The summed E-state index contributed by atoms with van der Waals surface area (Å²) >= 11 is 11.6. The van der Waals surface area contributed by atoms with Gasteiger partial charge in [-0.05, 0) is 42.0 Å². The van der Waals surface area contributed by atoms with Crippen LogP contribution in [-0.4, -0.2) is 13.0 Å². The van der Waals surface area contributed by atoms with Crippen LogP contribution in [0.4, 0.5) is 10.1 Å². The first-order valence-corrected chi connectivity index (χ1v) is 7.03. The van der Waals surface area contributed by atoms with Gasteiger partial charge in [-0.1, -0.05) is 29.3 Å². The predicted molar refractivity (Wildman–Crippen MR) is 87.1 cm³/mol. The summed E-state index contributed by atoms with van der Waals surface area (Å²) < 4.78 is 18.1. The molecule has 114 valence electrons. The number of hydrogen-bond donors (Lipinski definition) is 1. The van der Waals surface area contributed by atoms with Gasteiger partial charge in [0.05, 0.1) is 17.2 Å². The third kappa shape index (κ3) is 4.23. The van der Waals surface area contributed by atoms with E-state index in [4.69, 9.17) is 27.9 Å². The lowest BCUT2D eigenvalue weighted by Crippen LogP contribution is -2.07. The van der Waals surface area contributed by atoms with E-state index in [1.165, 1.54) is 31.4 Å². The molecule has 0 radical (unpaired) electrons. The molecule has 0 aliphatic carbocycles. The zero-order valence-corrected chi connectivity index (χ0v) is 13.1. The maximum absolute atomic E-state index is 13.0. The summed E-state index contributed by atoms with van der Waals surface area (Å²) in [6, 6.07) is 9.11. The van der Waals surface area contributed by atoms with Crippen LogP contribution in [-0.2, 0) is 4.79 Å². The Morgan fingerprint density at radius 3 is 2.59 bits per heavy atom. The number of carbonyl (C=O) groups excluding carboxylic acids is 1. The molecule has 2 aromatic carbocycles. The van der Waals surface area contributed by atoms with E-state index in [2.05, 4.69) is 5.32 Å². The molecule has 0 aromatic heterocycles. The van der Waals surface area contributed by atoms with Gasteiger partial charge in [0.15, 0.2) is 0 Å². The molecule has 0 aliphatic heterocycles. The first-order chi connectivity index (χ1) is 10.5. The Labute approximate surface area is 137 Å². The highest BCUT2D eigenvalue weighted by Gasteiger charge is 2.03. The van der Waals surface area contributed by atoms with E-state index >= 15 is 0 Å². The zero-order valence-electron chi connectivity index (χ0n) is 11.6. The van der Waals surface area contributed by atoms with Crippen molar-refractivity contribution in [3.63, 3.8) is 0 Å². The molecule has 0 bridgehead atoms. The average molecular weight is 340 g/mol. The molecule has 2 aromatic rings. The van der Waals surface area contributed by atoms with Crippen molar-refractivity contribution in [1.29, 1.82) is 0 Å². The third-order valence-corrected chi connectivity index (χ3v) is 3.38. The lowest BCUT2D eigenvalue weighted by molar-refractivity contribution is -0.111. The lowest BCUT2D eigenvalue weighted by Gasteiger charge is -2.04. The molecule has 0 atom stereocenters. The molecule has 22 heavy (non-hydrogen) atoms. The zero-order chi connectivity index (χ0) is 16.1. The third-order valence-electron chi connectivity index (χ3n) is 2.79. The van der Waals surface area contributed by atoms with Gasteiger partial charge in [-0.25, -0.2) is 4.39 Å². The number of carbonyl (C=O) groups is 1. The summed E-state index contributed by atoms with van der Waals surface area (Å²) in [4.78, 5) is 11.8. The summed E-state index contributed by atoms with van der Waals surface area (Å²) in [5, 5.41) is 2.98. The highest BCUT2D eigenvalue weighted by atomic mass is 35.5. The minimum atomic E-state index is -0.539. The van der Waals surface area contributed by atoms with Gasteiger partial charge in [-0.3, -0.25) is 4.79 Å². The van der Waals surface area contributed by atoms with Crippen LogP contribution in [0.2, 0.25) is 10.0 Å². The Hall–Kier alpha value is -2.04. The standard InChI is InChI=1S/C16H12Cl2FNO2/c1-22-15-6-2-10(8-13(15)18)3-7-16(21)20-11-4-5-14(19)12(17)9-11/h2-9H,1H3,(H,20,21)/b7-3+. The number of halogens is 3.